The summed E-state index contributed by atoms with van der Waals surface area (Å²) in [5.41, 5.74) is 1.60. The zero-order valence-electron chi connectivity index (χ0n) is 17.6. The Morgan fingerprint density at radius 2 is 1.88 bits per heavy atom. The van der Waals surface area contributed by atoms with Crippen LogP contribution in [0.3, 0.4) is 0 Å². The molecule has 32 heavy (non-hydrogen) atoms. The number of rotatable bonds is 6. The maximum Gasteiger partial charge on any atom is 0.325 e. The first-order valence-electron chi connectivity index (χ1n) is 9.98. The molecule has 2 unspecified atom stereocenters. The maximum atomic E-state index is 13.6. The Bertz CT molecular complexity index is 1140. The zero-order chi connectivity index (χ0) is 22.7. The molecule has 7 nitrogen and oxygen atoms in total. The molecule has 0 saturated heterocycles. The SMILES string of the molecule is COC(=O)CN1C(=O)c2ccccc2C(C(=O)Nc2cccc(OC)c2)C1c1cccs1. The Labute approximate surface area is 189 Å². The van der Waals surface area contributed by atoms with Crippen LogP contribution in [0.15, 0.2) is 66.0 Å². The summed E-state index contributed by atoms with van der Waals surface area (Å²) in [6.07, 6.45) is 0. The molecule has 4 rings (SSSR count). The van der Waals surface area contributed by atoms with E-state index < -0.39 is 17.9 Å². The number of hydrogen-bond donors (Lipinski definition) is 1. The van der Waals surface area contributed by atoms with Crippen molar-refractivity contribution in [1.29, 1.82) is 0 Å². The van der Waals surface area contributed by atoms with Gasteiger partial charge in [-0.05, 0) is 35.2 Å². The van der Waals surface area contributed by atoms with Crippen molar-refractivity contribution in [1.82, 2.24) is 4.90 Å². The summed E-state index contributed by atoms with van der Waals surface area (Å²) < 4.78 is 10.1. The van der Waals surface area contributed by atoms with Crippen LogP contribution in [0.4, 0.5) is 5.69 Å². The van der Waals surface area contributed by atoms with E-state index in [4.69, 9.17) is 9.47 Å². The summed E-state index contributed by atoms with van der Waals surface area (Å²) >= 11 is 1.43. The number of nitrogens with one attached hydrogen (secondary N) is 1. The van der Waals surface area contributed by atoms with Gasteiger partial charge in [-0.25, -0.2) is 0 Å². The minimum absolute atomic E-state index is 0.255. The summed E-state index contributed by atoms with van der Waals surface area (Å²) in [4.78, 5) is 41.4. The third kappa shape index (κ3) is 4.09. The van der Waals surface area contributed by atoms with Gasteiger partial charge in [-0.15, -0.1) is 11.3 Å². The van der Waals surface area contributed by atoms with Crippen LogP contribution >= 0.6 is 11.3 Å². The fourth-order valence-corrected chi connectivity index (χ4v) is 4.82. The summed E-state index contributed by atoms with van der Waals surface area (Å²) in [5.74, 6) is -1.25. The molecule has 3 aromatic rings. The van der Waals surface area contributed by atoms with Crippen LogP contribution in [-0.4, -0.2) is 43.4 Å². The van der Waals surface area contributed by atoms with Gasteiger partial charge in [-0.1, -0.05) is 30.3 Å². The summed E-state index contributed by atoms with van der Waals surface area (Å²) in [6, 6.07) is 17.2. The van der Waals surface area contributed by atoms with Crippen LogP contribution in [0.1, 0.15) is 32.8 Å². The van der Waals surface area contributed by atoms with Crippen molar-refractivity contribution in [2.24, 2.45) is 0 Å². The fraction of sp³-hybridized carbons (Fsp3) is 0.208. The number of amides is 2. The smallest absolute Gasteiger partial charge is 0.325 e. The van der Waals surface area contributed by atoms with Gasteiger partial charge in [0.1, 0.15) is 12.3 Å². The van der Waals surface area contributed by atoms with Gasteiger partial charge in [0.15, 0.2) is 0 Å². The van der Waals surface area contributed by atoms with Gasteiger partial charge in [0.2, 0.25) is 5.91 Å². The first kappa shape index (κ1) is 21.6. The molecule has 8 heteroatoms. The van der Waals surface area contributed by atoms with Crippen LogP contribution in [0.25, 0.3) is 0 Å². The summed E-state index contributed by atoms with van der Waals surface area (Å²) in [7, 11) is 2.83. The van der Waals surface area contributed by atoms with E-state index in [0.29, 0.717) is 22.6 Å². The van der Waals surface area contributed by atoms with E-state index in [1.54, 1.807) is 55.6 Å². The lowest BCUT2D eigenvalue weighted by Gasteiger charge is -2.40. The van der Waals surface area contributed by atoms with E-state index >= 15 is 0 Å². The molecule has 1 aliphatic rings. The molecule has 0 aliphatic carbocycles. The molecular formula is C24H22N2O5S. The van der Waals surface area contributed by atoms with Gasteiger partial charge in [0, 0.05) is 22.2 Å². The monoisotopic (exact) mass is 450 g/mol. The largest absolute Gasteiger partial charge is 0.497 e. The number of anilines is 1. The Kier molecular flexibility index (Phi) is 6.23. The van der Waals surface area contributed by atoms with E-state index in [1.807, 2.05) is 17.5 Å². The molecule has 1 aliphatic heterocycles. The highest BCUT2D eigenvalue weighted by Gasteiger charge is 2.45. The molecule has 0 fully saturated rings. The highest BCUT2D eigenvalue weighted by Crippen LogP contribution is 2.44. The van der Waals surface area contributed by atoms with Crippen LogP contribution in [0.5, 0.6) is 5.75 Å². The highest BCUT2D eigenvalue weighted by molar-refractivity contribution is 7.10. The molecule has 2 aromatic carbocycles. The van der Waals surface area contributed by atoms with E-state index in [-0.39, 0.29) is 18.4 Å². The number of esters is 1. The number of nitrogens with zero attached hydrogens (tertiary/aromatic N) is 1. The Balaban J connectivity index is 1.80. The average Bonchev–Trinajstić information content (AvgIpc) is 3.35. The van der Waals surface area contributed by atoms with Crippen molar-refractivity contribution in [3.63, 3.8) is 0 Å². The number of methoxy groups -OCH3 is 2. The Hall–Kier alpha value is -3.65. The lowest BCUT2D eigenvalue weighted by atomic mass is 9.81. The quantitative estimate of drug-likeness (QED) is 0.577. The van der Waals surface area contributed by atoms with E-state index in [9.17, 15) is 14.4 Å². The second kappa shape index (κ2) is 9.23. The van der Waals surface area contributed by atoms with Gasteiger partial charge < -0.3 is 19.7 Å². The van der Waals surface area contributed by atoms with Gasteiger partial charge in [0.25, 0.3) is 5.91 Å². The molecule has 0 spiro atoms. The molecule has 2 atom stereocenters. The van der Waals surface area contributed by atoms with Crippen LogP contribution in [0.2, 0.25) is 0 Å². The highest BCUT2D eigenvalue weighted by atomic mass is 32.1. The number of ether oxygens (including phenoxy) is 2. The molecule has 2 heterocycles. The van der Waals surface area contributed by atoms with Crippen molar-refractivity contribution in [3.8, 4) is 5.75 Å². The first-order valence-corrected chi connectivity index (χ1v) is 10.9. The van der Waals surface area contributed by atoms with Crippen LogP contribution in [0, 0.1) is 0 Å². The van der Waals surface area contributed by atoms with Crippen molar-refractivity contribution in [3.05, 3.63) is 82.0 Å². The van der Waals surface area contributed by atoms with Gasteiger partial charge in [-0.3, -0.25) is 14.4 Å². The second-order valence-electron chi connectivity index (χ2n) is 7.26. The summed E-state index contributed by atoms with van der Waals surface area (Å²) in [6.45, 7) is -0.255. The molecule has 0 radical (unpaired) electrons. The van der Waals surface area contributed by atoms with Crippen LogP contribution in [-0.2, 0) is 14.3 Å². The number of fused-ring (bicyclic) bond motifs is 1. The van der Waals surface area contributed by atoms with Crippen molar-refractivity contribution < 1.29 is 23.9 Å². The predicted octanol–water partition coefficient (Wildman–Crippen LogP) is 3.85. The third-order valence-corrected chi connectivity index (χ3v) is 6.36. The minimum atomic E-state index is -0.724. The fourth-order valence-electron chi connectivity index (χ4n) is 3.95. The number of carbonyl (C=O) groups is 3. The number of hydrogen-bond acceptors (Lipinski definition) is 6. The molecule has 2 amide bonds. The van der Waals surface area contributed by atoms with E-state index in [2.05, 4.69) is 5.32 Å². The Morgan fingerprint density at radius 1 is 1.06 bits per heavy atom. The maximum absolute atomic E-state index is 13.6. The minimum Gasteiger partial charge on any atom is -0.497 e. The number of carbonyl (C=O) groups excluding carboxylic acids is 3. The van der Waals surface area contributed by atoms with Gasteiger partial charge >= 0.3 is 5.97 Å². The molecule has 164 valence electrons. The second-order valence-corrected chi connectivity index (χ2v) is 8.23. The zero-order valence-corrected chi connectivity index (χ0v) is 18.4. The standard InChI is InChI=1S/C24H22N2O5S/c1-30-16-8-5-7-15(13-16)25-23(28)21-17-9-3-4-10-18(17)24(29)26(14-20(27)31-2)22(21)19-11-6-12-32-19/h3-13,21-22H,14H2,1-2H3,(H,25,28). The van der Waals surface area contributed by atoms with E-state index in [1.165, 1.54) is 23.3 Å². The molecule has 0 saturated carbocycles. The van der Waals surface area contributed by atoms with Crippen molar-refractivity contribution in [2.45, 2.75) is 12.0 Å². The van der Waals surface area contributed by atoms with Crippen LogP contribution < -0.4 is 10.1 Å². The summed E-state index contributed by atoms with van der Waals surface area (Å²) in [5, 5.41) is 4.84. The average molecular weight is 451 g/mol. The molecule has 0 bridgehead atoms. The first-order chi connectivity index (χ1) is 15.5. The van der Waals surface area contributed by atoms with Crippen molar-refractivity contribution in [2.75, 3.05) is 26.1 Å². The topological polar surface area (TPSA) is 84.9 Å². The van der Waals surface area contributed by atoms with E-state index in [0.717, 1.165) is 4.88 Å². The lowest BCUT2D eigenvalue weighted by molar-refractivity contribution is -0.142. The number of benzene rings is 2. The molecular weight excluding hydrogens is 428 g/mol. The van der Waals surface area contributed by atoms with Gasteiger partial charge in [0.05, 0.1) is 26.2 Å². The van der Waals surface area contributed by atoms with Gasteiger partial charge in [-0.2, -0.15) is 0 Å². The molecule has 1 aromatic heterocycles. The normalized spacial score (nSPS) is 17.4. The predicted molar refractivity (Wildman–Crippen MR) is 121 cm³/mol. The van der Waals surface area contributed by atoms with Crippen molar-refractivity contribution >= 4 is 34.8 Å². The lowest BCUT2D eigenvalue weighted by Crippen LogP contribution is -2.48. The molecule has 1 N–H and O–H groups in total. The Morgan fingerprint density at radius 3 is 2.59 bits per heavy atom. The third-order valence-electron chi connectivity index (χ3n) is 5.42. The number of thiophene rings is 1.